The van der Waals surface area contributed by atoms with Crippen molar-refractivity contribution in [2.24, 2.45) is 0 Å². The van der Waals surface area contributed by atoms with E-state index in [1.54, 1.807) is 0 Å². The minimum absolute atomic E-state index is 0.0345. The number of rotatable bonds is 5. The zero-order valence-electron chi connectivity index (χ0n) is 11.0. The summed E-state index contributed by atoms with van der Waals surface area (Å²) in [5.41, 5.74) is 5.96. The van der Waals surface area contributed by atoms with Crippen LogP contribution in [0.2, 0.25) is 0 Å². The molecular formula is C13H17N3O3S. The molecule has 0 spiro atoms. The van der Waals surface area contributed by atoms with E-state index in [0.29, 0.717) is 5.69 Å². The number of hydrogen-bond acceptors (Lipinski definition) is 5. The van der Waals surface area contributed by atoms with Gasteiger partial charge in [-0.3, -0.25) is 0 Å². The molecule has 108 valence electrons. The van der Waals surface area contributed by atoms with Crippen molar-refractivity contribution < 1.29 is 13.5 Å². The van der Waals surface area contributed by atoms with E-state index in [9.17, 15) is 8.42 Å². The first-order valence-corrected chi connectivity index (χ1v) is 7.87. The number of benzene rings is 1. The lowest BCUT2D eigenvalue weighted by Gasteiger charge is -2.36. The summed E-state index contributed by atoms with van der Waals surface area (Å²) < 4.78 is 26.6. The molecular weight excluding hydrogens is 278 g/mol. The Hall–Kier alpha value is -1.62. The van der Waals surface area contributed by atoms with Gasteiger partial charge in [-0.1, -0.05) is 6.42 Å². The Balaban J connectivity index is 2.45. The Morgan fingerprint density at radius 2 is 2.15 bits per heavy atom. The third-order valence-electron chi connectivity index (χ3n) is 3.51. The highest BCUT2D eigenvalue weighted by atomic mass is 32.2. The molecule has 1 saturated carbocycles. The van der Waals surface area contributed by atoms with E-state index in [4.69, 9.17) is 16.1 Å². The van der Waals surface area contributed by atoms with Gasteiger partial charge in [0.2, 0.25) is 10.0 Å². The van der Waals surface area contributed by atoms with Crippen molar-refractivity contribution in [2.45, 2.75) is 30.2 Å². The number of aliphatic hydroxyl groups is 1. The van der Waals surface area contributed by atoms with E-state index in [-0.39, 0.29) is 29.7 Å². The van der Waals surface area contributed by atoms with E-state index in [0.717, 1.165) is 19.3 Å². The molecule has 0 amide bonds. The highest BCUT2D eigenvalue weighted by Gasteiger charge is 2.35. The standard InChI is InChI=1S/C13H17N3O3S/c14-9-10-8-11(15)4-5-13(10)20(18,19)16(6-7-17)12-2-1-3-12/h4-5,8,12,17H,1-3,6-7,15H2. The molecule has 6 nitrogen and oxygen atoms in total. The van der Waals surface area contributed by atoms with Crippen LogP contribution in [0.5, 0.6) is 0 Å². The van der Waals surface area contributed by atoms with E-state index in [1.165, 1.54) is 22.5 Å². The molecule has 1 aliphatic rings. The fourth-order valence-electron chi connectivity index (χ4n) is 2.26. The highest BCUT2D eigenvalue weighted by molar-refractivity contribution is 7.89. The summed E-state index contributed by atoms with van der Waals surface area (Å²) in [6.45, 7) is -0.200. The molecule has 0 atom stereocenters. The van der Waals surface area contributed by atoms with Gasteiger partial charge in [-0.2, -0.15) is 9.57 Å². The smallest absolute Gasteiger partial charge is 0.244 e. The molecule has 0 saturated heterocycles. The molecule has 0 heterocycles. The van der Waals surface area contributed by atoms with Crippen molar-refractivity contribution >= 4 is 15.7 Å². The zero-order valence-corrected chi connectivity index (χ0v) is 11.8. The minimum Gasteiger partial charge on any atom is -0.399 e. The molecule has 1 fully saturated rings. The predicted molar refractivity (Wildman–Crippen MR) is 74.2 cm³/mol. The van der Waals surface area contributed by atoms with E-state index < -0.39 is 10.0 Å². The summed E-state index contributed by atoms with van der Waals surface area (Å²) in [7, 11) is -3.79. The van der Waals surface area contributed by atoms with Gasteiger partial charge >= 0.3 is 0 Å². The van der Waals surface area contributed by atoms with Crippen LogP contribution < -0.4 is 5.73 Å². The van der Waals surface area contributed by atoms with E-state index in [2.05, 4.69) is 0 Å². The van der Waals surface area contributed by atoms with Gasteiger partial charge in [-0.25, -0.2) is 8.42 Å². The monoisotopic (exact) mass is 295 g/mol. The van der Waals surface area contributed by atoms with Crippen LogP contribution in [0.4, 0.5) is 5.69 Å². The molecule has 1 aromatic rings. The summed E-state index contributed by atoms with van der Waals surface area (Å²) in [4.78, 5) is -0.0467. The average molecular weight is 295 g/mol. The van der Waals surface area contributed by atoms with E-state index in [1.807, 2.05) is 6.07 Å². The number of nitriles is 1. The van der Waals surface area contributed by atoms with Crippen molar-refractivity contribution in [2.75, 3.05) is 18.9 Å². The third kappa shape index (κ3) is 2.63. The number of hydrogen-bond donors (Lipinski definition) is 2. The maximum absolute atomic E-state index is 12.7. The Labute approximate surface area is 118 Å². The number of aliphatic hydroxyl groups excluding tert-OH is 1. The molecule has 7 heteroatoms. The molecule has 20 heavy (non-hydrogen) atoms. The van der Waals surface area contributed by atoms with Crippen molar-refractivity contribution in [3.8, 4) is 6.07 Å². The maximum atomic E-state index is 12.7. The molecule has 3 N–H and O–H groups in total. The molecule has 1 aliphatic carbocycles. The summed E-state index contributed by atoms with van der Waals surface area (Å²) in [5.74, 6) is 0. The van der Waals surface area contributed by atoms with Gasteiger partial charge in [0, 0.05) is 18.3 Å². The second-order valence-corrected chi connectivity index (χ2v) is 6.65. The summed E-state index contributed by atoms with van der Waals surface area (Å²) in [6.07, 6.45) is 2.56. The van der Waals surface area contributed by atoms with Gasteiger partial charge in [0.25, 0.3) is 0 Å². The number of nitrogens with two attached hydrogens (primary N) is 1. The largest absolute Gasteiger partial charge is 0.399 e. The molecule has 1 aromatic carbocycles. The Kier molecular flexibility index (Phi) is 4.28. The van der Waals surface area contributed by atoms with Gasteiger partial charge in [0.15, 0.2) is 0 Å². The lowest BCUT2D eigenvalue weighted by Crippen LogP contribution is -2.45. The van der Waals surface area contributed by atoms with Gasteiger partial charge in [0.1, 0.15) is 11.0 Å². The van der Waals surface area contributed by atoms with Crippen LogP contribution in [0, 0.1) is 11.3 Å². The van der Waals surface area contributed by atoms with Gasteiger partial charge in [-0.05, 0) is 31.0 Å². The van der Waals surface area contributed by atoms with Crippen LogP contribution >= 0.6 is 0 Å². The molecule has 0 radical (unpaired) electrons. The van der Waals surface area contributed by atoms with Gasteiger partial charge < -0.3 is 10.8 Å². The Bertz CT molecular complexity index is 633. The van der Waals surface area contributed by atoms with Crippen LogP contribution in [0.25, 0.3) is 0 Å². The lowest BCUT2D eigenvalue weighted by atomic mass is 9.93. The van der Waals surface area contributed by atoms with Crippen LogP contribution in [-0.4, -0.2) is 37.0 Å². The first-order chi connectivity index (χ1) is 9.50. The number of anilines is 1. The second kappa shape index (κ2) is 5.79. The van der Waals surface area contributed by atoms with Crippen molar-refractivity contribution in [1.29, 1.82) is 5.26 Å². The lowest BCUT2D eigenvalue weighted by molar-refractivity contribution is 0.178. The van der Waals surface area contributed by atoms with Crippen LogP contribution in [0.3, 0.4) is 0 Å². The number of sulfonamides is 1. The molecule has 0 aromatic heterocycles. The topological polar surface area (TPSA) is 107 Å². The maximum Gasteiger partial charge on any atom is 0.244 e. The SMILES string of the molecule is N#Cc1cc(N)ccc1S(=O)(=O)N(CCO)C1CCC1. The third-order valence-corrected chi connectivity index (χ3v) is 5.52. The van der Waals surface area contributed by atoms with Crippen molar-refractivity contribution in [3.05, 3.63) is 23.8 Å². The Morgan fingerprint density at radius 1 is 1.45 bits per heavy atom. The quantitative estimate of drug-likeness (QED) is 0.776. The number of nitrogen functional groups attached to an aromatic ring is 1. The Morgan fingerprint density at radius 3 is 2.65 bits per heavy atom. The van der Waals surface area contributed by atoms with Gasteiger partial charge in [0.05, 0.1) is 12.2 Å². The van der Waals surface area contributed by atoms with Gasteiger partial charge in [-0.15, -0.1) is 0 Å². The molecule has 0 unspecified atom stereocenters. The first kappa shape index (κ1) is 14.8. The average Bonchev–Trinajstić information content (AvgIpc) is 2.35. The van der Waals surface area contributed by atoms with Crippen molar-refractivity contribution in [3.63, 3.8) is 0 Å². The predicted octanol–water partition coefficient (Wildman–Crippen LogP) is 0.676. The summed E-state index contributed by atoms with van der Waals surface area (Å²) in [5, 5.41) is 18.2. The van der Waals surface area contributed by atoms with Crippen LogP contribution in [0.1, 0.15) is 24.8 Å². The normalized spacial score (nSPS) is 15.8. The highest BCUT2D eigenvalue weighted by Crippen LogP contribution is 2.31. The van der Waals surface area contributed by atoms with Crippen LogP contribution in [0.15, 0.2) is 23.1 Å². The molecule has 0 bridgehead atoms. The first-order valence-electron chi connectivity index (χ1n) is 6.43. The summed E-state index contributed by atoms with van der Waals surface area (Å²) in [6, 6.07) is 5.95. The fraction of sp³-hybridized carbons (Fsp3) is 0.462. The van der Waals surface area contributed by atoms with Crippen LogP contribution in [-0.2, 0) is 10.0 Å². The van der Waals surface area contributed by atoms with Crippen molar-refractivity contribution in [1.82, 2.24) is 4.31 Å². The van der Waals surface area contributed by atoms with E-state index >= 15 is 0 Å². The molecule has 0 aliphatic heterocycles. The zero-order chi connectivity index (χ0) is 14.8. The molecule has 2 rings (SSSR count). The fourth-order valence-corrected chi connectivity index (χ4v) is 4.06. The number of nitrogens with zero attached hydrogens (tertiary/aromatic N) is 2. The second-order valence-electron chi connectivity index (χ2n) is 4.79. The minimum atomic E-state index is -3.79. The summed E-state index contributed by atoms with van der Waals surface area (Å²) >= 11 is 0.